The Kier molecular flexibility index (Phi) is 6.36. The van der Waals surface area contributed by atoms with Gasteiger partial charge in [0.1, 0.15) is 11.5 Å². The normalized spacial score (nSPS) is 14.4. The van der Waals surface area contributed by atoms with Gasteiger partial charge in [-0.2, -0.15) is 0 Å². The largest absolute Gasteiger partial charge is 0.369 e. The number of rotatable bonds is 4. The Labute approximate surface area is 214 Å². The number of anilines is 1. The van der Waals surface area contributed by atoms with E-state index in [2.05, 4.69) is 47.1 Å². The highest BCUT2D eigenvalue weighted by molar-refractivity contribution is 6.34. The molecular formula is C28H27ClFN5O. The molecule has 0 radical (unpaired) electrons. The first-order valence-corrected chi connectivity index (χ1v) is 12.3. The third-order valence-electron chi connectivity index (χ3n) is 6.67. The van der Waals surface area contributed by atoms with Crippen LogP contribution in [-0.4, -0.2) is 35.2 Å². The predicted molar refractivity (Wildman–Crippen MR) is 143 cm³/mol. The van der Waals surface area contributed by atoms with Gasteiger partial charge in [-0.1, -0.05) is 28.8 Å². The number of carbonyl (C=O) groups excluding carboxylic acids is 1. The van der Waals surface area contributed by atoms with Gasteiger partial charge in [-0.05, 0) is 74.7 Å². The third-order valence-corrected chi connectivity index (χ3v) is 6.98. The van der Waals surface area contributed by atoms with Gasteiger partial charge in [0.2, 0.25) is 5.91 Å². The fraction of sp³-hybridized carbons (Fsp3) is 0.250. The molecule has 0 aliphatic carbocycles. The summed E-state index contributed by atoms with van der Waals surface area (Å²) in [5, 5.41) is 10.4. The van der Waals surface area contributed by atoms with Crippen molar-refractivity contribution < 1.29 is 9.18 Å². The zero-order valence-corrected chi connectivity index (χ0v) is 20.9. The SMILES string of the molecule is Cc1cc(C)cc(-c2nnc3cc(Cl)c(-c4cc(F)cc(C(N)=O)c4)cc3c2N2CCC(N)CC2)c1. The molecule has 1 aliphatic rings. The van der Waals surface area contributed by atoms with Gasteiger partial charge in [0, 0.05) is 41.2 Å². The number of carbonyl (C=O) groups is 1. The second-order valence-electron chi connectivity index (χ2n) is 9.54. The fourth-order valence-corrected chi connectivity index (χ4v) is 5.24. The maximum atomic E-state index is 14.4. The number of aromatic nitrogens is 2. The van der Waals surface area contributed by atoms with E-state index < -0.39 is 11.7 Å². The summed E-state index contributed by atoms with van der Waals surface area (Å²) in [5.74, 6) is -1.27. The molecule has 0 bridgehead atoms. The number of piperidine rings is 1. The standard InChI is InChI=1S/C28H27ClFN5O/c1-15-7-16(2)9-18(8-15)26-27(35-5-3-21(31)4-6-35)23-13-22(24(29)14-25(23)33-34-26)17-10-19(28(32)36)12-20(30)11-17/h7-14,21H,3-6,31H2,1-2H3,(H2,32,36). The molecule has 4 aromatic rings. The van der Waals surface area contributed by atoms with Crippen LogP contribution >= 0.6 is 11.6 Å². The molecule has 1 amide bonds. The van der Waals surface area contributed by atoms with Crippen LogP contribution in [0.5, 0.6) is 0 Å². The fourth-order valence-electron chi connectivity index (χ4n) is 4.97. The Bertz CT molecular complexity index is 1480. The molecule has 4 N–H and O–H groups in total. The van der Waals surface area contributed by atoms with E-state index in [0.717, 1.165) is 65.5 Å². The van der Waals surface area contributed by atoms with Gasteiger partial charge in [-0.3, -0.25) is 4.79 Å². The summed E-state index contributed by atoms with van der Waals surface area (Å²) in [6.07, 6.45) is 1.73. The van der Waals surface area contributed by atoms with E-state index in [0.29, 0.717) is 21.7 Å². The monoisotopic (exact) mass is 503 g/mol. The number of hydrogen-bond acceptors (Lipinski definition) is 5. The lowest BCUT2D eigenvalue weighted by molar-refractivity contribution is 0.1000. The maximum Gasteiger partial charge on any atom is 0.248 e. The van der Waals surface area contributed by atoms with Crippen molar-refractivity contribution in [2.75, 3.05) is 18.0 Å². The number of hydrogen-bond donors (Lipinski definition) is 2. The topological polar surface area (TPSA) is 98.1 Å². The van der Waals surface area contributed by atoms with Gasteiger partial charge < -0.3 is 16.4 Å². The maximum absolute atomic E-state index is 14.4. The summed E-state index contributed by atoms with van der Waals surface area (Å²) < 4.78 is 14.4. The van der Waals surface area contributed by atoms with Crippen LogP contribution in [0.3, 0.4) is 0 Å². The molecule has 3 aromatic carbocycles. The van der Waals surface area contributed by atoms with E-state index >= 15 is 0 Å². The van der Waals surface area contributed by atoms with E-state index in [-0.39, 0.29) is 11.6 Å². The number of benzene rings is 3. The van der Waals surface area contributed by atoms with Gasteiger partial charge in [0.05, 0.1) is 16.2 Å². The Morgan fingerprint density at radius 1 is 0.972 bits per heavy atom. The summed E-state index contributed by atoms with van der Waals surface area (Å²) in [6, 6.07) is 14.1. The molecule has 2 heterocycles. The first kappa shape index (κ1) is 24.2. The Morgan fingerprint density at radius 2 is 1.67 bits per heavy atom. The molecule has 1 saturated heterocycles. The molecule has 0 saturated carbocycles. The van der Waals surface area contributed by atoms with Gasteiger partial charge >= 0.3 is 0 Å². The molecule has 184 valence electrons. The van der Waals surface area contributed by atoms with Gasteiger partial charge in [0.15, 0.2) is 0 Å². The van der Waals surface area contributed by atoms with E-state index in [1.54, 1.807) is 12.1 Å². The van der Waals surface area contributed by atoms with Crippen LogP contribution in [0.25, 0.3) is 33.3 Å². The van der Waals surface area contributed by atoms with Crippen LogP contribution < -0.4 is 16.4 Å². The van der Waals surface area contributed by atoms with Gasteiger partial charge in [-0.15, -0.1) is 10.2 Å². The molecule has 0 spiro atoms. The van der Waals surface area contributed by atoms with Crippen molar-refractivity contribution in [2.45, 2.75) is 32.7 Å². The smallest absolute Gasteiger partial charge is 0.248 e. The number of primary amides is 1. The first-order chi connectivity index (χ1) is 17.2. The van der Waals surface area contributed by atoms with Crippen LogP contribution in [0.4, 0.5) is 10.1 Å². The van der Waals surface area contributed by atoms with Crippen molar-refractivity contribution in [2.24, 2.45) is 11.5 Å². The van der Waals surface area contributed by atoms with E-state index in [4.69, 9.17) is 23.1 Å². The van der Waals surface area contributed by atoms with Gasteiger partial charge in [-0.25, -0.2) is 4.39 Å². The number of nitrogens with two attached hydrogens (primary N) is 2. The lowest BCUT2D eigenvalue weighted by Crippen LogP contribution is -2.40. The van der Waals surface area contributed by atoms with Crippen molar-refractivity contribution in [3.05, 3.63) is 76.1 Å². The van der Waals surface area contributed by atoms with E-state index in [9.17, 15) is 9.18 Å². The number of aryl methyl sites for hydroxylation is 2. The molecule has 1 aromatic heterocycles. The molecule has 0 atom stereocenters. The minimum atomic E-state index is -0.707. The molecule has 1 fully saturated rings. The van der Waals surface area contributed by atoms with Crippen LogP contribution in [0.1, 0.15) is 34.3 Å². The zero-order chi connectivity index (χ0) is 25.6. The second kappa shape index (κ2) is 9.48. The molecule has 6 nitrogen and oxygen atoms in total. The Hall–Kier alpha value is -3.55. The number of halogens is 2. The second-order valence-corrected chi connectivity index (χ2v) is 9.95. The van der Waals surface area contributed by atoms with Crippen molar-refractivity contribution in [1.82, 2.24) is 10.2 Å². The summed E-state index contributed by atoms with van der Waals surface area (Å²) in [4.78, 5) is 14.1. The highest BCUT2D eigenvalue weighted by atomic mass is 35.5. The molecule has 5 rings (SSSR count). The quantitative estimate of drug-likeness (QED) is 0.388. The molecule has 8 heteroatoms. The van der Waals surface area contributed by atoms with Crippen molar-refractivity contribution in [1.29, 1.82) is 0 Å². The molecule has 36 heavy (non-hydrogen) atoms. The van der Waals surface area contributed by atoms with Crippen LogP contribution in [0.2, 0.25) is 5.02 Å². The molecule has 1 aliphatic heterocycles. The number of nitrogens with zero attached hydrogens (tertiary/aromatic N) is 3. The summed E-state index contributed by atoms with van der Waals surface area (Å²) in [6.45, 7) is 5.68. The van der Waals surface area contributed by atoms with E-state index in [1.165, 1.54) is 6.07 Å². The zero-order valence-electron chi connectivity index (χ0n) is 20.2. The average molecular weight is 504 g/mol. The van der Waals surface area contributed by atoms with Crippen LogP contribution in [-0.2, 0) is 0 Å². The minimum Gasteiger partial charge on any atom is -0.369 e. The molecular weight excluding hydrogens is 477 g/mol. The summed E-state index contributed by atoms with van der Waals surface area (Å²) >= 11 is 6.64. The Morgan fingerprint density at radius 3 is 2.33 bits per heavy atom. The predicted octanol–water partition coefficient (Wildman–Crippen LogP) is 5.40. The summed E-state index contributed by atoms with van der Waals surface area (Å²) in [7, 11) is 0. The minimum absolute atomic E-state index is 0.0789. The summed E-state index contributed by atoms with van der Waals surface area (Å²) in [5.41, 5.74) is 18.4. The highest BCUT2D eigenvalue weighted by Crippen LogP contribution is 2.41. The van der Waals surface area contributed by atoms with Crippen LogP contribution in [0.15, 0.2) is 48.5 Å². The van der Waals surface area contributed by atoms with Crippen molar-refractivity contribution in [3.63, 3.8) is 0 Å². The van der Waals surface area contributed by atoms with Gasteiger partial charge in [0.25, 0.3) is 0 Å². The first-order valence-electron chi connectivity index (χ1n) is 11.9. The number of fused-ring (bicyclic) bond motifs is 1. The average Bonchev–Trinajstić information content (AvgIpc) is 2.82. The van der Waals surface area contributed by atoms with Crippen molar-refractivity contribution in [3.8, 4) is 22.4 Å². The van der Waals surface area contributed by atoms with E-state index in [1.807, 2.05) is 6.07 Å². The Balaban J connectivity index is 1.78. The number of amides is 1. The highest BCUT2D eigenvalue weighted by Gasteiger charge is 2.24. The molecule has 0 unspecified atom stereocenters. The third kappa shape index (κ3) is 4.64. The lowest BCUT2D eigenvalue weighted by Gasteiger charge is -2.33. The van der Waals surface area contributed by atoms with Crippen molar-refractivity contribution >= 4 is 34.1 Å². The lowest BCUT2D eigenvalue weighted by atomic mass is 9.96. The van der Waals surface area contributed by atoms with Crippen LogP contribution in [0, 0.1) is 19.7 Å².